The molecule has 0 spiro atoms. The number of aryl methyl sites for hydroxylation is 1. The molecule has 1 aliphatic carbocycles. The molecule has 1 aromatic carbocycles. The minimum absolute atomic E-state index is 0.296. The lowest BCUT2D eigenvalue weighted by molar-refractivity contribution is 0.0941. The average molecular weight is 368 g/mol. The van der Waals surface area contributed by atoms with Crippen molar-refractivity contribution in [2.75, 3.05) is 13.2 Å². The first-order valence-electron chi connectivity index (χ1n) is 9.63. The van der Waals surface area contributed by atoms with E-state index in [0.717, 1.165) is 27.8 Å². The highest BCUT2D eigenvalue weighted by molar-refractivity contribution is 6.31. The lowest BCUT2D eigenvalue weighted by Gasteiger charge is -2.35. The summed E-state index contributed by atoms with van der Waals surface area (Å²) in [7, 11) is 0. The minimum Gasteiger partial charge on any atom is -0.491 e. The van der Waals surface area contributed by atoms with Gasteiger partial charge in [-0.2, -0.15) is 0 Å². The molecule has 25 heavy (non-hydrogen) atoms. The summed E-state index contributed by atoms with van der Waals surface area (Å²) in [6.07, 6.45) is 3.28. The van der Waals surface area contributed by atoms with Crippen LogP contribution in [0.2, 0.25) is 5.02 Å². The highest BCUT2D eigenvalue weighted by Crippen LogP contribution is 2.32. The summed E-state index contributed by atoms with van der Waals surface area (Å²) in [4.78, 5) is 0. The van der Waals surface area contributed by atoms with Crippen molar-refractivity contribution in [1.82, 2.24) is 5.32 Å². The number of aliphatic hydroxyl groups is 1. The normalized spacial score (nSPS) is 25.2. The molecule has 0 bridgehead atoms. The van der Waals surface area contributed by atoms with Crippen LogP contribution < -0.4 is 10.1 Å². The van der Waals surface area contributed by atoms with E-state index in [2.05, 4.69) is 33.0 Å². The van der Waals surface area contributed by atoms with Crippen LogP contribution >= 0.6 is 11.6 Å². The average Bonchev–Trinajstić information content (AvgIpc) is 2.56. The van der Waals surface area contributed by atoms with Crippen LogP contribution in [-0.2, 0) is 0 Å². The summed E-state index contributed by atoms with van der Waals surface area (Å²) < 4.78 is 5.94. The van der Waals surface area contributed by atoms with Gasteiger partial charge in [0.15, 0.2) is 0 Å². The van der Waals surface area contributed by atoms with Gasteiger partial charge in [-0.1, -0.05) is 52.1 Å². The fraction of sp³-hybridized carbons (Fsp3) is 0.714. The van der Waals surface area contributed by atoms with E-state index >= 15 is 0 Å². The van der Waals surface area contributed by atoms with Gasteiger partial charge in [0, 0.05) is 17.6 Å². The van der Waals surface area contributed by atoms with Crippen LogP contribution in [0.5, 0.6) is 5.75 Å². The van der Waals surface area contributed by atoms with E-state index in [-0.39, 0.29) is 0 Å². The lowest BCUT2D eigenvalue weighted by atomic mass is 9.78. The third-order valence-electron chi connectivity index (χ3n) is 5.67. The van der Waals surface area contributed by atoms with Crippen molar-refractivity contribution < 1.29 is 9.84 Å². The quantitative estimate of drug-likeness (QED) is 0.718. The summed E-state index contributed by atoms with van der Waals surface area (Å²) in [5, 5.41) is 14.6. The molecule has 0 heterocycles. The van der Waals surface area contributed by atoms with E-state index < -0.39 is 6.10 Å². The number of halogens is 1. The maximum absolute atomic E-state index is 10.3. The Balaban J connectivity index is 1.87. The molecule has 3 nitrogen and oxygen atoms in total. The van der Waals surface area contributed by atoms with Gasteiger partial charge in [0.2, 0.25) is 0 Å². The van der Waals surface area contributed by atoms with Crippen LogP contribution in [0.25, 0.3) is 0 Å². The maximum Gasteiger partial charge on any atom is 0.123 e. The molecule has 1 fully saturated rings. The molecule has 4 atom stereocenters. The Hall–Kier alpha value is -0.770. The second-order valence-corrected chi connectivity index (χ2v) is 8.45. The second-order valence-electron chi connectivity index (χ2n) is 8.04. The van der Waals surface area contributed by atoms with Gasteiger partial charge < -0.3 is 15.2 Å². The molecule has 1 saturated carbocycles. The highest BCUT2D eigenvalue weighted by atomic mass is 35.5. The minimum atomic E-state index is -0.513. The highest BCUT2D eigenvalue weighted by Gasteiger charge is 2.27. The fourth-order valence-electron chi connectivity index (χ4n) is 3.65. The second kappa shape index (κ2) is 9.25. The zero-order valence-corrected chi connectivity index (χ0v) is 17.1. The molecule has 2 rings (SSSR count). The van der Waals surface area contributed by atoms with Crippen LogP contribution in [0.3, 0.4) is 0 Å². The molecular weight excluding hydrogens is 334 g/mol. The Morgan fingerprint density at radius 3 is 2.68 bits per heavy atom. The van der Waals surface area contributed by atoms with Crippen molar-refractivity contribution in [3.63, 3.8) is 0 Å². The van der Waals surface area contributed by atoms with Gasteiger partial charge in [-0.25, -0.2) is 0 Å². The summed E-state index contributed by atoms with van der Waals surface area (Å²) in [6.45, 7) is 11.7. The molecule has 4 heteroatoms. The molecule has 0 saturated heterocycles. The predicted molar refractivity (Wildman–Crippen MR) is 106 cm³/mol. The van der Waals surface area contributed by atoms with E-state index in [4.69, 9.17) is 16.3 Å². The Labute approximate surface area is 158 Å². The van der Waals surface area contributed by atoms with Crippen molar-refractivity contribution in [3.05, 3.63) is 28.3 Å². The number of hydrogen-bond donors (Lipinski definition) is 2. The van der Waals surface area contributed by atoms with Crippen LogP contribution in [0, 0.1) is 18.8 Å². The number of hydrogen-bond acceptors (Lipinski definition) is 3. The van der Waals surface area contributed by atoms with E-state index in [1.54, 1.807) is 0 Å². The van der Waals surface area contributed by atoms with Gasteiger partial charge in [-0.05, 0) is 54.4 Å². The van der Waals surface area contributed by atoms with Crippen molar-refractivity contribution in [3.8, 4) is 5.75 Å². The van der Waals surface area contributed by atoms with Gasteiger partial charge >= 0.3 is 0 Å². The maximum atomic E-state index is 10.3. The molecule has 0 amide bonds. The summed E-state index contributed by atoms with van der Waals surface area (Å²) in [5.41, 5.74) is 2.09. The van der Waals surface area contributed by atoms with Crippen molar-refractivity contribution >= 4 is 11.6 Å². The molecule has 0 radical (unpaired) electrons. The smallest absolute Gasteiger partial charge is 0.123 e. The summed E-state index contributed by atoms with van der Waals surface area (Å²) >= 11 is 6.24. The first-order chi connectivity index (χ1) is 11.8. The van der Waals surface area contributed by atoms with Crippen LogP contribution in [0.15, 0.2) is 12.1 Å². The Morgan fingerprint density at radius 2 is 2.00 bits per heavy atom. The summed E-state index contributed by atoms with van der Waals surface area (Å²) in [6, 6.07) is 4.46. The molecular formula is C21H34ClNO2. The van der Waals surface area contributed by atoms with Gasteiger partial charge in [-0.15, -0.1) is 0 Å². The van der Waals surface area contributed by atoms with E-state index in [1.165, 1.54) is 19.3 Å². The van der Waals surface area contributed by atoms with Gasteiger partial charge in [0.25, 0.3) is 0 Å². The monoisotopic (exact) mass is 367 g/mol. The van der Waals surface area contributed by atoms with E-state index in [9.17, 15) is 5.11 Å². The zero-order chi connectivity index (χ0) is 18.6. The molecule has 2 N–H and O–H groups in total. The topological polar surface area (TPSA) is 41.5 Å². The third kappa shape index (κ3) is 5.60. The lowest BCUT2D eigenvalue weighted by Crippen LogP contribution is -2.44. The number of rotatable bonds is 7. The molecule has 1 aromatic rings. The van der Waals surface area contributed by atoms with E-state index in [0.29, 0.717) is 31.0 Å². The first kappa shape index (κ1) is 20.5. The van der Waals surface area contributed by atoms with E-state index in [1.807, 2.05) is 19.1 Å². The fourth-order valence-corrected chi connectivity index (χ4v) is 3.82. The Morgan fingerprint density at radius 1 is 1.28 bits per heavy atom. The number of ether oxygens (including phenoxy) is 1. The van der Waals surface area contributed by atoms with Crippen molar-refractivity contribution in [2.45, 2.75) is 71.9 Å². The Kier molecular flexibility index (Phi) is 7.60. The van der Waals surface area contributed by atoms with Crippen molar-refractivity contribution in [1.29, 1.82) is 0 Å². The molecule has 0 aromatic heterocycles. The van der Waals surface area contributed by atoms with Gasteiger partial charge in [0.05, 0.1) is 0 Å². The zero-order valence-electron chi connectivity index (χ0n) is 16.3. The van der Waals surface area contributed by atoms with Gasteiger partial charge in [0.1, 0.15) is 18.5 Å². The summed E-state index contributed by atoms with van der Waals surface area (Å²) in [5.74, 6) is 2.57. The van der Waals surface area contributed by atoms with Crippen LogP contribution in [-0.4, -0.2) is 30.4 Å². The van der Waals surface area contributed by atoms with Crippen LogP contribution in [0.1, 0.15) is 64.0 Å². The molecule has 4 unspecified atom stereocenters. The molecule has 0 aliphatic heterocycles. The van der Waals surface area contributed by atoms with Gasteiger partial charge in [-0.3, -0.25) is 0 Å². The Bertz CT molecular complexity index is 561. The molecule has 142 valence electrons. The number of benzene rings is 1. The largest absolute Gasteiger partial charge is 0.491 e. The molecule has 1 aliphatic rings. The third-order valence-corrected chi connectivity index (χ3v) is 6.07. The van der Waals surface area contributed by atoms with Crippen LogP contribution in [0.4, 0.5) is 0 Å². The number of aliphatic hydroxyl groups excluding tert-OH is 1. The standard InChI is InChI=1S/C21H34ClNO2/c1-13(2)18-10-19(22)15(4)9-21(18)25-12-17(24)11-23-20-8-6-7-14(3)16(20)5/h9-10,13-14,16-17,20,23-24H,6-8,11-12H2,1-5H3. The van der Waals surface area contributed by atoms with Crippen molar-refractivity contribution in [2.24, 2.45) is 11.8 Å². The SMILES string of the molecule is Cc1cc(OCC(O)CNC2CCCC(C)C2C)c(C(C)C)cc1Cl. The number of nitrogens with one attached hydrogen (secondary N) is 1. The predicted octanol–water partition coefficient (Wildman–Crippen LogP) is 4.93. The first-order valence-corrected chi connectivity index (χ1v) is 10.0.